The second-order valence-corrected chi connectivity index (χ2v) is 16.0. The Morgan fingerprint density at radius 2 is 0.790 bits per heavy atom. The number of anilines is 3. The van der Waals surface area contributed by atoms with Crippen molar-refractivity contribution in [3.8, 4) is 44.5 Å². The van der Waals surface area contributed by atoms with Gasteiger partial charge in [0.1, 0.15) is 11.2 Å². The van der Waals surface area contributed by atoms with Gasteiger partial charge in [0, 0.05) is 22.1 Å². The van der Waals surface area contributed by atoms with Gasteiger partial charge in [0.15, 0.2) is 0 Å². The number of benzene rings is 11. The predicted molar refractivity (Wildman–Crippen MR) is 263 cm³/mol. The lowest BCUT2D eigenvalue weighted by Gasteiger charge is -2.27. The van der Waals surface area contributed by atoms with E-state index in [9.17, 15) is 0 Å². The van der Waals surface area contributed by atoms with Crippen LogP contribution in [0.2, 0.25) is 0 Å². The molecule has 0 N–H and O–H groups in total. The minimum absolute atomic E-state index is 0.860. The first-order chi connectivity index (χ1) is 30.8. The van der Waals surface area contributed by atoms with Gasteiger partial charge < -0.3 is 9.32 Å². The van der Waals surface area contributed by atoms with Crippen LogP contribution in [0.5, 0.6) is 0 Å². The van der Waals surface area contributed by atoms with E-state index in [4.69, 9.17) is 4.42 Å². The molecule has 0 aliphatic rings. The highest BCUT2D eigenvalue weighted by Crippen LogP contribution is 2.48. The van der Waals surface area contributed by atoms with E-state index in [2.05, 4.69) is 241 Å². The summed E-state index contributed by atoms with van der Waals surface area (Å²) in [5, 5.41) is 9.43. The molecular formula is C60H39NO. The van der Waals surface area contributed by atoms with Gasteiger partial charge in [-0.15, -0.1) is 0 Å². The van der Waals surface area contributed by atoms with Crippen molar-refractivity contribution in [1.82, 2.24) is 0 Å². The minimum atomic E-state index is 0.860. The molecule has 2 heteroatoms. The van der Waals surface area contributed by atoms with Gasteiger partial charge in [-0.25, -0.2) is 0 Å². The summed E-state index contributed by atoms with van der Waals surface area (Å²) in [4.78, 5) is 2.40. The van der Waals surface area contributed by atoms with Crippen molar-refractivity contribution in [1.29, 1.82) is 0 Å². The fourth-order valence-electron chi connectivity index (χ4n) is 9.61. The third kappa shape index (κ3) is 5.96. The number of rotatable bonds is 7. The Bertz CT molecular complexity index is 3630. The van der Waals surface area contributed by atoms with E-state index in [0.717, 1.165) is 66.5 Å². The third-order valence-electron chi connectivity index (χ3n) is 12.4. The molecule has 12 aromatic rings. The maximum absolute atomic E-state index is 6.75. The number of fused-ring (bicyclic) bond motifs is 8. The van der Waals surface area contributed by atoms with Crippen molar-refractivity contribution in [2.45, 2.75) is 0 Å². The Hall–Kier alpha value is -8.20. The molecule has 0 atom stereocenters. The van der Waals surface area contributed by atoms with Gasteiger partial charge in [0.25, 0.3) is 0 Å². The quantitative estimate of drug-likeness (QED) is 0.150. The number of nitrogens with zero attached hydrogens (tertiary/aromatic N) is 1. The van der Waals surface area contributed by atoms with Crippen LogP contribution in [0.1, 0.15) is 0 Å². The van der Waals surface area contributed by atoms with Crippen LogP contribution < -0.4 is 4.90 Å². The minimum Gasteiger partial charge on any atom is -0.455 e. The second kappa shape index (κ2) is 14.8. The molecule has 1 heterocycles. The van der Waals surface area contributed by atoms with Gasteiger partial charge in [0.2, 0.25) is 0 Å². The van der Waals surface area contributed by atoms with E-state index >= 15 is 0 Å². The average Bonchev–Trinajstić information content (AvgIpc) is 3.75. The zero-order valence-electron chi connectivity index (χ0n) is 33.9. The average molecular weight is 790 g/mol. The summed E-state index contributed by atoms with van der Waals surface area (Å²) in [7, 11) is 0. The number of furan rings is 1. The van der Waals surface area contributed by atoms with Crippen molar-refractivity contribution < 1.29 is 4.42 Å². The zero-order chi connectivity index (χ0) is 41.0. The van der Waals surface area contributed by atoms with Gasteiger partial charge >= 0.3 is 0 Å². The Morgan fingerprint density at radius 1 is 0.290 bits per heavy atom. The topological polar surface area (TPSA) is 16.4 Å². The van der Waals surface area contributed by atoms with Crippen molar-refractivity contribution >= 4 is 71.3 Å². The molecule has 2 nitrogen and oxygen atoms in total. The Labute approximate surface area is 360 Å². The van der Waals surface area contributed by atoms with Crippen LogP contribution >= 0.6 is 0 Å². The van der Waals surface area contributed by atoms with Crippen LogP contribution in [0.15, 0.2) is 241 Å². The van der Waals surface area contributed by atoms with Gasteiger partial charge in [-0.1, -0.05) is 188 Å². The summed E-state index contributed by atoms with van der Waals surface area (Å²) >= 11 is 0. The molecule has 0 radical (unpaired) electrons. The summed E-state index contributed by atoms with van der Waals surface area (Å²) < 4.78 is 6.75. The molecule has 290 valence electrons. The first kappa shape index (κ1) is 35.7. The predicted octanol–water partition coefficient (Wildman–Crippen LogP) is 17.2. The van der Waals surface area contributed by atoms with Crippen molar-refractivity contribution in [2.24, 2.45) is 0 Å². The summed E-state index contributed by atoms with van der Waals surface area (Å²) in [6.07, 6.45) is 0. The first-order valence-electron chi connectivity index (χ1n) is 21.3. The monoisotopic (exact) mass is 789 g/mol. The highest BCUT2D eigenvalue weighted by Gasteiger charge is 2.22. The van der Waals surface area contributed by atoms with Gasteiger partial charge in [-0.2, -0.15) is 0 Å². The van der Waals surface area contributed by atoms with Gasteiger partial charge in [0.05, 0.1) is 11.1 Å². The third-order valence-corrected chi connectivity index (χ3v) is 12.4. The van der Waals surface area contributed by atoms with E-state index in [1.54, 1.807) is 0 Å². The van der Waals surface area contributed by atoms with E-state index in [1.807, 2.05) is 0 Å². The second-order valence-electron chi connectivity index (χ2n) is 16.0. The van der Waals surface area contributed by atoms with E-state index < -0.39 is 0 Å². The van der Waals surface area contributed by atoms with Gasteiger partial charge in [-0.05, 0) is 120 Å². The van der Waals surface area contributed by atoms with Crippen LogP contribution in [0, 0.1) is 0 Å². The molecule has 12 rings (SSSR count). The van der Waals surface area contributed by atoms with Crippen molar-refractivity contribution in [3.05, 3.63) is 237 Å². The summed E-state index contributed by atoms with van der Waals surface area (Å²) in [5.74, 6) is 0. The molecule has 0 amide bonds. The standard InChI is InChI=1S/C60H39NO/c1-4-17-40(18-5-1)44-24-14-26-47(37-44)61(55-31-16-32-56-59(55)53-36-33-41-19-10-11-28-49(41)60(53)62-56)48-27-15-25-45(38-48)46-34-35-51-50-29-12-13-30-52(50)57(42-20-6-2-7-21-42)58(54(51)39-46)43-22-8-3-9-23-43/h1-39H. The Kier molecular flexibility index (Phi) is 8.53. The maximum atomic E-state index is 6.75. The van der Waals surface area contributed by atoms with E-state index in [1.165, 1.54) is 49.4 Å². The number of hydrogen-bond donors (Lipinski definition) is 0. The zero-order valence-corrected chi connectivity index (χ0v) is 33.9. The SMILES string of the molecule is c1ccc(-c2cccc(N(c3cccc(-c4ccc5c(c4)c(-c4ccccc4)c(-c4ccccc4)c4ccccc45)c3)c3cccc4oc5c6ccccc6ccc5c34)c2)cc1. The maximum Gasteiger partial charge on any atom is 0.143 e. The molecule has 1 aromatic heterocycles. The smallest absolute Gasteiger partial charge is 0.143 e. The molecule has 0 fully saturated rings. The molecule has 0 spiro atoms. The van der Waals surface area contributed by atoms with Crippen molar-refractivity contribution in [3.63, 3.8) is 0 Å². The van der Waals surface area contributed by atoms with E-state index in [-0.39, 0.29) is 0 Å². The fraction of sp³-hybridized carbons (Fsp3) is 0. The Balaban J connectivity index is 1.09. The lowest BCUT2D eigenvalue weighted by Crippen LogP contribution is -2.10. The molecule has 0 aliphatic carbocycles. The van der Waals surface area contributed by atoms with Crippen molar-refractivity contribution in [2.75, 3.05) is 4.90 Å². The molecule has 62 heavy (non-hydrogen) atoms. The van der Waals surface area contributed by atoms with Gasteiger partial charge in [-0.3, -0.25) is 0 Å². The molecule has 0 bridgehead atoms. The van der Waals surface area contributed by atoms with Crippen LogP contribution in [-0.2, 0) is 0 Å². The largest absolute Gasteiger partial charge is 0.455 e. The highest BCUT2D eigenvalue weighted by atomic mass is 16.3. The van der Waals surface area contributed by atoms with Crippen LogP contribution in [0.4, 0.5) is 17.1 Å². The molecule has 0 unspecified atom stereocenters. The van der Waals surface area contributed by atoms with E-state index in [0.29, 0.717) is 0 Å². The summed E-state index contributed by atoms with van der Waals surface area (Å²) in [5.41, 5.74) is 14.5. The number of hydrogen-bond acceptors (Lipinski definition) is 2. The summed E-state index contributed by atoms with van der Waals surface area (Å²) in [6.45, 7) is 0. The molecule has 0 saturated heterocycles. The van der Waals surface area contributed by atoms with Crippen LogP contribution in [0.3, 0.4) is 0 Å². The summed E-state index contributed by atoms with van der Waals surface area (Å²) in [6, 6.07) is 85.4. The highest BCUT2D eigenvalue weighted by molar-refractivity contribution is 6.22. The van der Waals surface area contributed by atoms with Crippen LogP contribution in [-0.4, -0.2) is 0 Å². The molecular weight excluding hydrogens is 751 g/mol. The lowest BCUT2D eigenvalue weighted by molar-refractivity contribution is 0.672. The van der Waals surface area contributed by atoms with Crippen LogP contribution in [0.25, 0.3) is 98.8 Å². The lowest BCUT2D eigenvalue weighted by atomic mass is 9.84. The molecule has 11 aromatic carbocycles. The fourth-order valence-corrected chi connectivity index (χ4v) is 9.61. The molecule has 0 aliphatic heterocycles. The normalized spacial score (nSPS) is 11.5. The Morgan fingerprint density at radius 3 is 1.48 bits per heavy atom. The first-order valence-corrected chi connectivity index (χ1v) is 21.3. The molecule has 0 saturated carbocycles.